The zero-order chi connectivity index (χ0) is 13.8. The lowest BCUT2D eigenvalue weighted by Gasteiger charge is -2.08. The normalized spacial score (nSPS) is 10.0. The fraction of sp³-hybridized carbons (Fsp3) is 0. The Labute approximate surface area is 115 Å². The zero-order valence-corrected chi connectivity index (χ0v) is 10.7. The van der Waals surface area contributed by atoms with E-state index in [-0.39, 0.29) is 11.3 Å². The molecule has 0 saturated carbocycles. The second-order valence-corrected chi connectivity index (χ2v) is 4.22. The molecule has 0 bridgehead atoms. The Kier molecular flexibility index (Phi) is 3.97. The van der Waals surface area contributed by atoms with Gasteiger partial charge >= 0.3 is 0 Å². The minimum atomic E-state index is -0.603. The first-order valence-corrected chi connectivity index (χ1v) is 5.87. The zero-order valence-electron chi connectivity index (χ0n) is 9.90. The summed E-state index contributed by atoms with van der Waals surface area (Å²) in [7, 11) is 0. The van der Waals surface area contributed by atoms with Crippen molar-refractivity contribution in [1.29, 1.82) is 0 Å². The van der Waals surface area contributed by atoms with E-state index in [1.165, 1.54) is 18.2 Å². The highest BCUT2D eigenvalue weighted by Gasteiger charge is 2.16. The first-order chi connectivity index (χ1) is 9.08. The van der Waals surface area contributed by atoms with E-state index in [0.717, 1.165) is 0 Å². The number of benzene rings is 2. The van der Waals surface area contributed by atoms with Crippen LogP contribution in [0, 0.1) is 5.82 Å². The molecule has 0 heterocycles. The molecule has 2 rings (SSSR count). The van der Waals surface area contributed by atoms with Crippen molar-refractivity contribution in [1.82, 2.24) is 0 Å². The molecular formula is C15H10ClFO2. The molecule has 19 heavy (non-hydrogen) atoms. The summed E-state index contributed by atoms with van der Waals surface area (Å²) < 4.78 is 18.7. The Morgan fingerprint density at radius 3 is 2.37 bits per heavy atom. The minimum Gasteiger partial charge on any atom is -0.454 e. The van der Waals surface area contributed by atoms with Crippen LogP contribution < -0.4 is 4.74 Å². The predicted octanol–water partition coefficient (Wildman–Crippen LogP) is 4.25. The molecule has 0 N–H and O–H groups in total. The Hall–Kier alpha value is -2.13. The smallest absolute Gasteiger partial charge is 0.230 e. The Morgan fingerprint density at radius 1 is 1.11 bits per heavy atom. The number of halogens is 2. The van der Waals surface area contributed by atoms with E-state index >= 15 is 0 Å². The molecule has 0 saturated heterocycles. The third kappa shape index (κ3) is 3.20. The largest absolute Gasteiger partial charge is 0.454 e. The second-order valence-electron chi connectivity index (χ2n) is 3.79. The van der Waals surface area contributed by atoms with Crippen molar-refractivity contribution in [3.05, 3.63) is 77.3 Å². The molecule has 0 atom stereocenters. The van der Waals surface area contributed by atoms with E-state index in [9.17, 15) is 9.18 Å². The topological polar surface area (TPSA) is 26.3 Å². The van der Waals surface area contributed by atoms with Crippen molar-refractivity contribution < 1.29 is 13.9 Å². The monoisotopic (exact) mass is 276 g/mol. The minimum absolute atomic E-state index is 0.0681. The van der Waals surface area contributed by atoms with Crippen LogP contribution in [0.25, 0.3) is 0 Å². The van der Waals surface area contributed by atoms with Crippen molar-refractivity contribution in [3.8, 4) is 5.75 Å². The lowest BCUT2D eigenvalue weighted by molar-refractivity contribution is 0.0983. The molecule has 2 aromatic rings. The molecule has 96 valence electrons. The van der Waals surface area contributed by atoms with E-state index in [1.54, 1.807) is 30.3 Å². The predicted molar refractivity (Wildman–Crippen MR) is 72.0 cm³/mol. The van der Waals surface area contributed by atoms with E-state index in [4.69, 9.17) is 16.3 Å². The molecule has 0 aromatic heterocycles. The molecule has 0 unspecified atom stereocenters. The third-order valence-corrected chi connectivity index (χ3v) is 2.68. The van der Waals surface area contributed by atoms with Gasteiger partial charge in [-0.05, 0) is 36.4 Å². The number of ketones is 1. The fourth-order valence-corrected chi connectivity index (χ4v) is 1.61. The van der Waals surface area contributed by atoms with Crippen LogP contribution in [-0.4, -0.2) is 5.78 Å². The molecule has 0 radical (unpaired) electrons. The highest BCUT2D eigenvalue weighted by atomic mass is 35.5. The van der Waals surface area contributed by atoms with E-state index in [1.807, 2.05) is 0 Å². The Morgan fingerprint density at radius 2 is 1.74 bits per heavy atom. The first kappa shape index (κ1) is 13.3. The molecule has 4 heteroatoms. The summed E-state index contributed by atoms with van der Waals surface area (Å²) in [5.41, 5.74) is -0.0681. The van der Waals surface area contributed by atoms with Gasteiger partial charge in [-0.2, -0.15) is 0 Å². The van der Waals surface area contributed by atoms with Crippen molar-refractivity contribution in [2.24, 2.45) is 0 Å². The van der Waals surface area contributed by atoms with Crippen LogP contribution in [0.5, 0.6) is 5.75 Å². The maximum Gasteiger partial charge on any atom is 0.230 e. The van der Waals surface area contributed by atoms with Crippen LogP contribution in [-0.2, 0) is 0 Å². The van der Waals surface area contributed by atoms with Crippen LogP contribution in [0.2, 0.25) is 5.02 Å². The molecule has 0 fully saturated rings. The Balaban J connectivity index is 2.14. The summed E-state index contributed by atoms with van der Waals surface area (Å²) >= 11 is 5.73. The molecule has 0 aliphatic heterocycles. The molecule has 0 aliphatic rings. The molecule has 2 nitrogen and oxygen atoms in total. The number of Topliss-reactive ketones (excluding diaryl/α,β-unsaturated/α-hetero) is 1. The van der Waals surface area contributed by atoms with Crippen molar-refractivity contribution in [3.63, 3.8) is 0 Å². The second kappa shape index (κ2) is 5.67. The van der Waals surface area contributed by atoms with Gasteiger partial charge in [-0.1, -0.05) is 30.3 Å². The number of carbonyl (C=O) groups excluding carboxylic acids is 1. The number of rotatable bonds is 4. The van der Waals surface area contributed by atoms with Gasteiger partial charge in [0.1, 0.15) is 11.6 Å². The van der Waals surface area contributed by atoms with Gasteiger partial charge in [0, 0.05) is 5.02 Å². The third-order valence-electron chi connectivity index (χ3n) is 2.43. The van der Waals surface area contributed by atoms with Gasteiger partial charge in [0.2, 0.25) is 5.78 Å². The fourth-order valence-electron chi connectivity index (χ4n) is 1.49. The molecule has 0 spiro atoms. The number of carbonyl (C=O) groups is 1. The maximum atomic E-state index is 13.5. The molecule has 0 amide bonds. The average Bonchev–Trinajstić information content (AvgIpc) is 2.41. The van der Waals surface area contributed by atoms with Gasteiger partial charge in [-0.25, -0.2) is 4.39 Å². The van der Waals surface area contributed by atoms with E-state index in [2.05, 4.69) is 6.58 Å². The molecular weight excluding hydrogens is 267 g/mol. The van der Waals surface area contributed by atoms with Crippen LogP contribution in [0.4, 0.5) is 4.39 Å². The maximum absolute atomic E-state index is 13.5. The lowest BCUT2D eigenvalue weighted by Crippen LogP contribution is -2.10. The summed E-state index contributed by atoms with van der Waals surface area (Å²) in [6, 6.07) is 12.1. The van der Waals surface area contributed by atoms with Crippen LogP contribution in [0.3, 0.4) is 0 Å². The van der Waals surface area contributed by atoms with Gasteiger partial charge in [-0.15, -0.1) is 0 Å². The highest BCUT2D eigenvalue weighted by Crippen LogP contribution is 2.19. The van der Waals surface area contributed by atoms with Crippen LogP contribution >= 0.6 is 11.6 Å². The van der Waals surface area contributed by atoms with Crippen molar-refractivity contribution in [2.75, 3.05) is 0 Å². The number of hydrogen-bond acceptors (Lipinski definition) is 2. The van der Waals surface area contributed by atoms with Gasteiger partial charge in [0.15, 0.2) is 5.76 Å². The van der Waals surface area contributed by atoms with Crippen LogP contribution in [0.1, 0.15) is 10.4 Å². The summed E-state index contributed by atoms with van der Waals surface area (Å²) in [6.45, 7) is 3.52. The SMILES string of the molecule is C=C(Oc1ccc(Cl)cc1)C(=O)c1ccccc1F. The lowest BCUT2D eigenvalue weighted by atomic mass is 10.1. The van der Waals surface area contributed by atoms with E-state index < -0.39 is 11.6 Å². The number of ether oxygens (including phenoxy) is 1. The van der Waals surface area contributed by atoms with Gasteiger partial charge in [-0.3, -0.25) is 4.79 Å². The summed E-state index contributed by atoms with van der Waals surface area (Å²) in [4.78, 5) is 11.9. The van der Waals surface area contributed by atoms with E-state index in [0.29, 0.717) is 10.8 Å². The highest BCUT2D eigenvalue weighted by molar-refractivity contribution is 6.30. The average molecular weight is 277 g/mol. The number of hydrogen-bond donors (Lipinski definition) is 0. The molecule has 0 aliphatic carbocycles. The Bertz CT molecular complexity index is 620. The van der Waals surface area contributed by atoms with Crippen LogP contribution in [0.15, 0.2) is 60.9 Å². The van der Waals surface area contributed by atoms with Gasteiger partial charge in [0.05, 0.1) is 5.56 Å². The first-order valence-electron chi connectivity index (χ1n) is 5.49. The van der Waals surface area contributed by atoms with Crippen molar-refractivity contribution >= 4 is 17.4 Å². The van der Waals surface area contributed by atoms with Gasteiger partial charge in [0.25, 0.3) is 0 Å². The quantitative estimate of drug-likeness (QED) is 0.474. The summed E-state index contributed by atoms with van der Waals surface area (Å²) in [5.74, 6) is -0.923. The standard InChI is InChI=1S/C15H10ClFO2/c1-10(19-12-8-6-11(16)7-9-12)15(18)13-4-2-3-5-14(13)17/h2-9H,1H2. The number of allylic oxidation sites excluding steroid dienone is 1. The molecule has 2 aromatic carbocycles. The van der Waals surface area contributed by atoms with Crippen molar-refractivity contribution in [2.45, 2.75) is 0 Å². The summed E-state index contributed by atoms with van der Waals surface area (Å²) in [6.07, 6.45) is 0. The van der Waals surface area contributed by atoms with Gasteiger partial charge < -0.3 is 4.74 Å². The summed E-state index contributed by atoms with van der Waals surface area (Å²) in [5, 5.41) is 0.554.